The highest BCUT2D eigenvalue weighted by Gasteiger charge is 2.35. The van der Waals surface area contributed by atoms with Gasteiger partial charge in [0, 0.05) is 6.04 Å². The van der Waals surface area contributed by atoms with Gasteiger partial charge in [0.25, 0.3) is 0 Å². The SMILES string of the molecule is C1=CC2CC1CC2CNC1CCC1. The van der Waals surface area contributed by atoms with Crippen molar-refractivity contribution >= 4 is 0 Å². The summed E-state index contributed by atoms with van der Waals surface area (Å²) in [5, 5.41) is 3.71. The van der Waals surface area contributed by atoms with E-state index in [4.69, 9.17) is 0 Å². The standard InChI is InChI=1S/C12H19N/c1-2-12(3-1)13-8-11-7-9-4-5-10(11)6-9/h4-5,9-13H,1-3,6-8H2. The van der Waals surface area contributed by atoms with Crippen molar-refractivity contribution in [3.63, 3.8) is 0 Å². The van der Waals surface area contributed by atoms with Crippen LogP contribution in [0.15, 0.2) is 12.2 Å². The number of nitrogens with one attached hydrogen (secondary N) is 1. The predicted octanol–water partition coefficient (Wildman–Crippen LogP) is 2.34. The summed E-state index contributed by atoms with van der Waals surface area (Å²) in [7, 11) is 0. The summed E-state index contributed by atoms with van der Waals surface area (Å²) < 4.78 is 0. The largest absolute Gasteiger partial charge is 0.314 e. The molecule has 0 aromatic heterocycles. The second-order valence-corrected chi connectivity index (χ2v) is 5.08. The van der Waals surface area contributed by atoms with Gasteiger partial charge in [-0.15, -0.1) is 0 Å². The van der Waals surface area contributed by atoms with E-state index < -0.39 is 0 Å². The van der Waals surface area contributed by atoms with Crippen LogP contribution >= 0.6 is 0 Å². The molecule has 0 aliphatic heterocycles. The van der Waals surface area contributed by atoms with Crippen LogP contribution in [0.1, 0.15) is 32.1 Å². The maximum atomic E-state index is 3.71. The van der Waals surface area contributed by atoms with Crippen LogP contribution in [-0.4, -0.2) is 12.6 Å². The molecule has 0 amide bonds. The fourth-order valence-corrected chi connectivity index (χ4v) is 3.06. The molecular formula is C12H19N. The normalized spacial score (nSPS) is 42.6. The Hall–Kier alpha value is -0.300. The Balaban J connectivity index is 1.48. The highest BCUT2D eigenvalue weighted by atomic mass is 14.9. The van der Waals surface area contributed by atoms with E-state index in [0.29, 0.717) is 0 Å². The summed E-state index contributed by atoms with van der Waals surface area (Å²) in [6, 6.07) is 0.878. The molecule has 2 saturated carbocycles. The minimum Gasteiger partial charge on any atom is -0.314 e. The summed E-state index contributed by atoms with van der Waals surface area (Å²) in [5.74, 6) is 2.84. The zero-order valence-corrected chi connectivity index (χ0v) is 8.21. The van der Waals surface area contributed by atoms with Gasteiger partial charge >= 0.3 is 0 Å². The Labute approximate surface area is 80.6 Å². The third kappa shape index (κ3) is 1.43. The molecule has 3 atom stereocenters. The van der Waals surface area contributed by atoms with Gasteiger partial charge in [-0.3, -0.25) is 0 Å². The molecule has 13 heavy (non-hydrogen) atoms. The van der Waals surface area contributed by atoms with E-state index >= 15 is 0 Å². The van der Waals surface area contributed by atoms with Gasteiger partial charge in [-0.25, -0.2) is 0 Å². The van der Waals surface area contributed by atoms with Gasteiger partial charge in [0.15, 0.2) is 0 Å². The second kappa shape index (κ2) is 3.13. The zero-order chi connectivity index (χ0) is 8.67. The van der Waals surface area contributed by atoms with Crippen molar-refractivity contribution in [1.82, 2.24) is 5.32 Å². The third-order valence-electron chi connectivity index (χ3n) is 4.19. The maximum Gasteiger partial charge on any atom is 0.00672 e. The molecule has 3 aliphatic rings. The Kier molecular flexibility index (Phi) is 1.93. The van der Waals surface area contributed by atoms with Crippen LogP contribution in [0.4, 0.5) is 0 Å². The number of hydrogen-bond donors (Lipinski definition) is 1. The van der Waals surface area contributed by atoms with Crippen LogP contribution in [0.2, 0.25) is 0 Å². The molecule has 0 heterocycles. The molecule has 1 nitrogen and oxygen atoms in total. The molecule has 0 aromatic rings. The molecule has 3 unspecified atom stereocenters. The van der Waals surface area contributed by atoms with Crippen LogP contribution in [0.5, 0.6) is 0 Å². The van der Waals surface area contributed by atoms with E-state index in [1.54, 1.807) is 0 Å². The molecule has 72 valence electrons. The molecular weight excluding hydrogens is 158 g/mol. The monoisotopic (exact) mass is 177 g/mol. The highest BCUT2D eigenvalue weighted by molar-refractivity contribution is 5.10. The van der Waals surface area contributed by atoms with Crippen LogP contribution in [0.25, 0.3) is 0 Å². The molecule has 0 saturated heterocycles. The maximum absolute atomic E-state index is 3.71. The summed E-state index contributed by atoms with van der Waals surface area (Å²) >= 11 is 0. The minimum absolute atomic E-state index is 0.878. The van der Waals surface area contributed by atoms with Crippen molar-refractivity contribution in [1.29, 1.82) is 0 Å². The average molecular weight is 177 g/mol. The molecule has 3 aliphatic carbocycles. The van der Waals surface area contributed by atoms with Crippen molar-refractivity contribution < 1.29 is 0 Å². The van der Waals surface area contributed by atoms with E-state index in [1.165, 1.54) is 38.6 Å². The second-order valence-electron chi connectivity index (χ2n) is 5.08. The van der Waals surface area contributed by atoms with E-state index in [2.05, 4.69) is 17.5 Å². The van der Waals surface area contributed by atoms with Gasteiger partial charge in [-0.2, -0.15) is 0 Å². The van der Waals surface area contributed by atoms with Crippen LogP contribution in [0.3, 0.4) is 0 Å². The lowest BCUT2D eigenvalue weighted by Gasteiger charge is -2.29. The Morgan fingerprint density at radius 1 is 1.15 bits per heavy atom. The lowest BCUT2D eigenvalue weighted by molar-refractivity contribution is 0.301. The molecule has 1 heteroatoms. The van der Waals surface area contributed by atoms with Gasteiger partial charge in [0.2, 0.25) is 0 Å². The van der Waals surface area contributed by atoms with Gasteiger partial charge in [-0.05, 0) is 50.0 Å². The topological polar surface area (TPSA) is 12.0 Å². The van der Waals surface area contributed by atoms with Crippen molar-refractivity contribution in [2.75, 3.05) is 6.54 Å². The fourth-order valence-electron chi connectivity index (χ4n) is 3.06. The van der Waals surface area contributed by atoms with Crippen molar-refractivity contribution in [3.05, 3.63) is 12.2 Å². The average Bonchev–Trinajstić information content (AvgIpc) is 2.61. The summed E-state index contributed by atoms with van der Waals surface area (Å²) in [4.78, 5) is 0. The summed E-state index contributed by atoms with van der Waals surface area (Å²) in [6.07, 6.45) is 12.1. The fraction of sp³-hybridized carbons (Fsp3) is 0.833. The molecule has 2 bridgehead atoms. The highest BCUT2D eigenvalue weighted by Crippen LogP contribution is 2.43. The summed E-state index contributed by atoms with van der Waals surface area (Å²) in [5.41, 5.74) is 0. The van der Waals surface area contributed by atoms with E-state index in [-0.39, 0.29) is 0 Å². The van der Waals surface area contributed by atoms with Gasteiger partial charge < -0.3 is 5.32 Å². The van der Waals surface area contributed by atoms with E-state index in [0.717, 1.165) is 23.8 Å². The first-order chi connectivity index (χ1) is 6.42. The number of fused-ring (bicyclic) bond motifs is 2. The zero-order valence-electron chi connectivity index (χ0n) is 8.21. The minimum atomic E-state index is 0.878. The van der Waals surface area contributed by atoms with Crippen molar-refractivity contribution in [2.45, 2.75) is 38.1 Å². The van der Waals surface area contributed by atoms with Crippen molar-refractivity contribution in [3.8, 4) is 0 Å². The van der Waals surface area contributed by atoms with Gasteiger partial charge in [0.1, 0.15) is 0 Å². The number of rotatable bonds is 3. The van der Waals surface area contributed by atoms with E-state index in [9.17, 15) is 0 Å². The first-order valence-electron chi connectivity index (χ1n) is 5.83. The molecule has 2 fully saturated rings. The quantitative estimate of drug-likeness (QED) is 0.652. The van der Waals surface area contributed by atoms with Crippen molar-refractivity contribution in [2.24, 2.45) is 17.8 Å². The third-order valence-corrected chi connectivity index (χ3v) is 4.19. The number of hydrogen-bond acceptors (Lipinski definition) is 1. The molecule has 0 aromatic carbocycles. The molecule has 0 radical (unpaired) electrons. The molecule has 3 rings (SSSR count). The van der Waals surface area contributed by atoms with Gasteiger partial charge in [0.05, 0.1) is 0 Å². The Morgan fingerprint density at radius 2 is 2.08 bits per heavy atom. The first-order valence-corrected chi connectivity index (χ1v) is 5.83. The Morgan fingerprint density at radius 3 is 2.62 bits per heavy atom. The summed E-state index contributed by atoms with van der Waals surface area (Å²) in [6.45, 7) is 1.29. The molecule has 0 spiro atoms. The number of allylic oxidation sites excluding steroid dienone is 2. The predicted molar refractivity (Wildman–Crippen MR) is 54.5 cm³/mol. The Bertz CT molecular complexity index is 217. The van der Waals surface area contributed by atoms with Crippen LogP contribution in [0, 0.1) is 17.8 Å². The lowest BCUT2D eigenvalue weighted by atomic mass is 9.90. The van der Waals surface area contributed by atoms with E-state index in [1.807, 2.05) is 0 Å². The smallest absolute Gasteiger partial charge is 0.00672 e. The lowest BCUT2D eigenvalue weighted by Crippen LogP contribution is -2.38. The van der Waals surface area contributed by atoms with Crippen LogP contribution < -0.4 is 5.32 Å². The van der Waals surface area contributed by atoms with Gasteiger partial charge in [-0.1, -0.05) is 18.6 Å². The van der Waals surface area contributed by atoms with Crippen LogP contribution in [-0.2, 0) is 0 Å². The first kappa shape index (κ1) is 8.05. The molecule has 1 N–H and O–H groups in total.